The molecule has 1 aromatic carbocycles. The molecule has 0 saturated heterocycles. The standard InChI is InChI=1S/C14H12N4O2/c1-9-8-18(14(15)17-9)16-7-10-2-4-12-11(6-10)3-5-13(19)20-12/h2-8H,1H3,(H2,15,17). The number of anilines is 1. The van der Waals surface area contributed by atoms with Gasteiger partial charge in [-0.05, 0) is 36.8 Å². The number of hydrogen-bond donors (Lipinski definition) is 1. The Morgan fingerprint density at radius 1 is 1.35 bits per heavy atom. The Balaban J connectivity index is 1.96. The first-order valence-corrected chi connectivity index (χ1v) is 6.01. The average molecular weight is 268 g/mol. The van der Waals surface area contributed by atoms with E-state index in [-0.39, 0.29) is 5.63 Å². The highest BCUT2D eigenvalue weighted by Gasteiger charge is 2.00. The fourth-order valence-electron chi connectivity index (χ4n) is 1.90. The van der Waals surface area contributed by atoms with Gasteiger partial charge in [-0.2, -0.15) is 5.10 Å². The zero-order chi connectivity index (χ0) is 14.1. The second-order valence-corrected chi connectivity index (χ2v) is 4.38. The Hall–Kier alpha value is -2.89. The monoisotopic (exact) mass is 268 g/mol. The van der Waals surface area contributed by atoms with Crippen LogP contribution in [0.15, 0.2) is 50.8 Å². The maximum atomic E-state index is 11.1. The van der Waals surface area contributed by atoms with Gasteiger partial charge in [-0.25, -0.2) is 14.5 Å². The Bertz CT molecular complexity index is 861. The topological polar surface area (TPSA) is 86.4 Å². The highest BCUT2D eigenvalue weighted by Crippen LogP contribution is 2.13. The Kier molecular flexibility index (Phi) is 2.83. The molecule has 0 amide bonds. The maximum absolute atomic E-state index is 11.1. The lowest BCUT2D eigenvalue weighted by Crippen LogP contribution is -1.97. The highest BCUT2D eigenvalue weighted by atomic mass is 16.4. The fraction of sp³-hybridized carbons (Fsp3) is 0.0714. The van der Waals surface area contributed by atoms with Crippen LogP contribution in [0.25, 0.3) is 11.0 Å². The van der Waals surface area contributed by atoms with Crippen LogP contribution in [0.1, 0.15) is 11.3 Å². The maximum Gasteiger partial charge on any atom is 0.336 e. The predicted molar refractivity (Wildman–Crippen MR) is 76.9 cm³/mol. The first-order valence-electron chi connectivity index (χ1n) is 6.01. The van der Waals surface area contributed by atoms with Crippen LogP contribution < -0.4 is 11.4 Å². The second-order valence-electron chi connectivity index (χ2n) is 4.38. The van der Waals surface area contributed by atoms with Gasteiger partial charge in [0, 0.05) is 11.5 Å². The number of rotatable bonds is 2. The molecule has 0 aliphatic carbocycles. The van der Waals surface area contributed by atoms with Crippen molar-refractivity contribution in [3.63, 3.8) is 0 Å². The van der Waals surface area contributed by atoms with E-state index in [1.807, 2.05) is 19.1 Å². The molecule has 0 atom stereocenters. The van der Waals surface area contributed by atoms with Crippen molar-refractivity contribution in [2.45, 2.75) is 6.92 Å². The van der Waals surface area contributed by atoms with E-state index in [1.165, 1.54) is 10.7 Å². The van der Waals surface area contributed by atoms with Gasteiger partial charge >= 0.3 is 5.63 Å². The molecular weight excluding hydrogens is 256 g/mol. The SMILES string of the molecule is Cc1cn(N=Cc2ccc3oc(=O)ccc3c2)c(N)n1. The van der Waals surface area contributed by atoms with Gasteiger partial charge in [0.25, 0.3) is 0 Å². The molecule has 2 aromatic heterocycles. The largest absolute Gasteiger partial charge is 0.423 e. The van der Waals surface area contributed by atoms with Crippen LogP contribution in [0.5, 0.6) is 0 Å². The molecule has 0 aliphatic heterocycles. The molecular formula is C14H12N4O2. The lowest BCUT2D eigenvalue weighted by atomic mass is 10.1. The summed E-state index contributed by atoms with van der Waals surface area (Å²) in [6.07, 6.45) is 3.41. The first-order chi connectivity index (χ1) is 9.61. The highest BCUT2D eigenvalue weighted by molar-refractivity contribution is 5.87. The molecule has 6 heteroatoms. The van der Waals surface area contributed by atoms with E-state index in [0.717, 1.165) is 16.6 Å². The Morgan fingerprint density at radius 2 is 2.20 bits per heavy atom. The number of aryl methyl sites for hydroxylation is 1. The number of nitrogens with two attached hydrogens (primary N) is 1. The summed E-state index contributed by atoms with van der Waals surface area (Å²) in [4.78, 5) is 15.2. The van der Waals surface area contributed by atoms with Crippen LogP contribution in [-0.4, -0.2) is 15.9 Å². The van der Waals surface area contributed by atoms with E-state index < -0.39 is 0 Å². The second kappa shape index (κ2) is 4.65. The van der Waals surface area contributed by atoms with Crippen molar-refractivity contribution in [2.24, 2.45) is 5.10 Å². The molecule has 0 saturated carbocycles. The summed E-state index contributed by atoms with van der Waals surface area (Å²) in [6.45, 7) is 1.85. The number of hydrogen-bond acceptors (Lipinski definition) is 5. The number of nitrogens with zero attached hydrogens (tertiary/aromatic N) is 3. The molecule has 0 bridgehead atoms. The summed E-state index contributed by atoms with van der Waals surface area (Å²) in [5.41, 5.74) is 7.57. The minimum absolute atomic E-state index is 0.338. The van der Waals surface area contributed by atoms with Crippen LogP contribution in [-0.2, 0) is 0 Å². The summed E-state index contributed by atoms with van der Waals surface area (Å²) in [7, 11) is 0. The normalized spacial score (nSPS) is 11.4. The van der Waals surface area contributed by atoms with Crippen LogP contribution >= 0.6 is 0 Å². The van der Waals surface area contributed by atoms with Crippen molar-refractivity contribution in [2.75, 3.05) is 5.73 Å². The van der Waals surface area contributed by atoms with E-state index in [0.29, 0.717) is 11.5 Å². The molecule has 2 heterocycles. The molecule has 0 aliphatic rings. The fourth-order valence-corrected chi connectivity index (χ4v) is 1.90. The van der Waals surface area contributed by atoms with Crippen LogP contribution in [0.4, 0.5) is 5.95 Å². The smallest absolute Gasteiger partial charge is 0.336 e. The number of fused-ring (bicyclic) bond motifs is 1. The van der Waals surface area contributed by atoms with Gasteiger partial charge in [0.05, 0.1) is 18.1 Å². The van der Waals surface area contributed by atoms with Crippen molar-refractivity contribution < 1.29 is 4.42 Å². The third-order valence-corrected chi connectivity index (χ3v) is 2.81. The number of aromatic nitrogens is 2. The summed E-state index contributed by atoms with van der Waals surface area (Å²) in [5.74, 6) is 0.338. The van der Waals surface area contributed by atoms with Gasteiger partial charge in [-0.15, -0.1) is 0 Å². The summed E-state index contributed by atoms with van der Waals surface area (Å²) < 4.78 is 6.57. The quantitative estimate of drug-likeness (QED) is 0.566. The first kappa shape index (κ1) is 12.2. The Morgan fingerprint density at radius 3 is 2.95 bits per heavy atom. The van der Waals surface area contributed by atoms with E-state index in [2.05, 4.69) is 10.1 Å². The summed E-state index contributed by atoms with van der Waals surface area (Å²) in [5, 5.41) is 5.07. The third kappa shape index (κ3) is 2.31. The van der Waals surface area contributed by atoms with Gasteiger partial charge in [0.2, 0.25) is 5.95 Å². The molecule has 0 spiro atoms. The zero-order valence-corrected chi connectivity index (χ0v) is 10.8. The number of imidazole rings is 1. The van der Waals surface area contributed by atoms with Crippen molar-refractivity contribution in [3.8, 4) is 0 Å². The minimum Gasteiger partial charge on any atom is -0.423 e. The van der Waals surface area contributed by atoms with E-state index in [4.69, 9.17) is 10.2 Å². The zero-order valence-electron chi connectivity index (χ0n) is 10.8. The van der Waals surface area contributed by atoms with E-state index in [1.54, 1.807) is 24.5 Å². The van der Waals surface area contributed by atoms with Crippen molar-refractivity contribution in [1.29, 1.82) is 0 Å². The molecule has 3 rings (SSSR count). The van der Waals surface area contributed by atoms with Gasteiger partial charge in [0.15, 0.2) is 0 Å². The lowest BCUT2D eigenvalue weighted by molar-refractivity contribution is 0.561. The van der Waals surface area contributed by atoms with Crippen molar-refractivity contribution >= 4 is 23.1 Å². The van der Waals surface area contributed by atoms with Gasteiger partial charge in [0.1, 0.15) is 5.58 Å². The predicted octanol–water partition coefficient (Wildman–Crippen LogP) is 1.76. The summed E-state index contributed by atoms with van der Waals surface area (Å²) >= 11 is 0. The molecule has 3 aromatic rings. The molecule has 0 fully saturated rings. The van der Waals surface area contributed by atoms with Gasteiger partial charge in [-0.3, -0.25) is 0 Å². The number of benzene rings is 1. The van der Waals surface area contributed by atoms with Gasteiger partial charge < -0.3 is 10.2 Å². The van der Waals surface area contributed by atoms with Gasteiger partial charge in [-0.1, -0.05) is 0 Å². The minimum atomic E-state index is -0.361. The molecule has 6 nitrogen and oxygen atoms in total. The summed E-state index contributed by atoms with van der Waals surface area (Å²) in [6, 6.07) is 8.53. The van der Waals surface area contributed by atoms with Crippen molar-refractivity contribution in [3.05, 3.63) is 58.2 Å². The number of nitrogen functional groups attached to an aromatic ring is 1. The van der Waals surface area contributed by atoms with Crippen LogP contribution in [0.2, 0.25) is 0 Å². The Labute approximate surface area is 114 Å². The molecule has 0 radical (unpaired) electrons. The lowest BCUT2D eigenvalue weighted by Gasteiger charge is -1.98. The molecule has 0 unspecified atom stereocenters. The van der Waals surface area contributed by atoms with Crippen LogP contribution in [0, 0.1) is 6.92 Å². The van der Waals surface area contributed by atoms with Crippen molar-refractivity contribution in [1.82, 2.24) is 9.66 Å². The van der Waals surface area contributed by atoms with E-state index >= 15 is 0 Å². The average Bonchev–Trinajstić information content (AvgIpc) is 2.74. The molecule has 2 N–H and O–H groups in total. The third-order valence-electron chi connectivity index (χ3n) is 2.81. The molecule has 20 heavy (non-hydrogen) atoms. The molecule has 100 valence electrons. The van der Waals surface area contributed by atoms with Crippen LogP contribution in [0.3, 0.4) is 0 Å². The van der Waals surface area contributed by atoms with E-state index in [9.17, 15) is 4.79 Å².